The lowest BCUT2D eigenvalue weighted by Crippen LogP contribution is -2.45. The number of hydrogen-bond acceptors (Lipinski definition) is 3. The molecular formula is C8H15N3O3. The highest BCUT2D eigenvalue weighted by atomic mass is 16.2. The second-order valence-corrected chi connectivity index (χ2v) is 2.71. The monoisotopic (exact) mass is 201 g/mol. The van der Waals surface area contributed by atoms with E-state index in [0.717, 1.165) is 4.90 Å². The van der Waals surface area contributed by atoms with Gasteiger partial charge in [0.05, 0.1) is 0 Å². The van der Waals surface area contributed by atoms with Crippen molar-refractivity contribution in [3.63, 3.8) is 0 Å². The number of nitrogens with one attached hydrogen (secondary N) is 2. The van der Waals surface area contributed by atoms with Gasteiger partial charge in [0.25, 0.3) is 0 Å². The third kappa shape index (κ3) is 4.44. The minimum Gasteiger partial charge on any atom is -0.355 e. The normalized spacial score (nSPS) is 9.07. The van der Waals surface area contributed by atoms with Crippen molar-refractivity contribution in [1.29, 1.82) is 0 Å². The molecule has 0 fully saturated rings. The van der Waals surface area contributed by atoms with Crippen LogP contribution in [0.4, 0.5) is 4.79 Å². The number of imide groups is 1. The lowest BCUT2D eigenvalue weighted by molar-refractivity contribution is -0.126. The van der Waals surface area contributed by atoms with Crippen molar-refractivity contribution < 1.29 is 14.4 Å². The summed E-state index contributed by atoms with van der Waals surface area (Å²) in [7, 11) is 1.44. The summed E-state index contributed by atoms with van der Waals surface area (Å²) in [5.41, 5.74) is 0. The summed E-state index contributed by atoms with van der Waals surface area (Å²) in [4.78, 5) is 33.6. The number of nitrogens with zero attached hydrogens (tertiary/aromatic N) is 1. The summed E-state index contributed by atoms with van der Waals surface area (Å²) in [5, 5.41) is 4.83. The second kappa shape index (κ2) is 5.95. The Hall–Kier alpha value is -1.59. The molecular weight excluding hydrogens is 186 g/mol. The molecule has 0 spiro atoms. The summed E-state index contributed by atoms with van der Waals surface area (Å²) in [6.07, 6.45) is 0. The van der Waals surface area contributed by atoms with E-state index in [0.29, 0.717) is 0 Å². The molecule has 0 aromatic carbocycles. The average Bonchev–Trinajstić information content (AvgIpc) is 2.10. The molecule has 4 amide bonds. The van der Waals surface area contributed by atoms with E-state index < -0.39 is 6.03 Å². The van der Waals surface area contributed by atoms with Crippen LogP contribution < -0.4 is 10.6 Å². The smallest absolute Gasteiger partial charge is 0.323 e. The van der Waals surface area contributed by atoms with Crippen LogP contribution in [0.2, 0.25) is 0 Å². The predicted molar refractivity (Wildman–Crippen MR) is 50.5 cm³/mol. The first-order chi connectivity index (χ1) is 6.49. The molecule has 6 heteroatoms. The first-order valence-corrected chi connectivity index (χ1v) is 4.23. The molecule has 80 valence electrons. The molecule has 0 saturated carbocycles. The Morgan fingerprint density at radius 3 is 2.14 bits per heavy atom. The minimum absolute atomic E-state index is 0.175. The maximum Gasteiger partial charge on any atom is 0.323 e. The van der Waals surface area contributed by atoms with E-state index in [1.54, 1.807) is 0 Å². The largest absolute Gasteiger partial charge is 0.355 e. The number of carbonyl (C=O) groups excluding carboxylic acids is 3. The standard InChI is InChI=1S/C8H15N3O3/c1-6(12)10-4-5-11(7(2)13)8(14)9-3/h4-5H2,1-3H3,(H,9,14)(H,10,12). The fraction of sp³-hybridized carbons (Fsp3) is 0.625. The molecule has 0 aromatic heterocycles. The van der Waals surface area contributed by atoms with Gasteiger partial charge in [-0.05, 0) is 0 Å². The van der Waals surface area contributed by atoms with Gasteiger partial charge in [-0.2, -0.15) is 0 Å². The van der Waals surface area contributed by atoms with Crippen LogP contribution in [-0.2, 0) is 9.59 Å². The van der Waals surface area contributed by atoms with E-state index in [1.807, 2.05) is 0 Å². The quantitative estimate of drug-likeness (QED) is 0.634. The highest BCUT2D eigenvalue weighted by Gasteiger charge is 2.15. The molecule has 0 atom stereocenters. The van der Waals surface area contributed by atoms with Crippen LogP contribution >= 0.6 is 0 Å². The molecule has 0 rings (SSSR count). The van der Waals surface area contributed by atoms with Crippen molar-refractivity contribution >= 4 is 17.8 Å². The zero-order valence-corrected chi connectivity index (χ0v) is 8.59. The van der Waals surface area contributed by atoms with Crippen LogP contribution in [0.25, 0.3) is 0 Å². The van der Waals surface area contributed by atoms with Gasteiger partial charge >= 0.3 is 6.03 Å². The molecule has 0 aliphatic rings. The Balaban J connectivity index is 4.05. The summed E-state index contributed by atoms with van der Waals surface area (Å²) < 4.78 is 0. The van der Waals surface area contributed by atoms with Crippen LogP contribution in [0.5, 0.6) is 0 Å². The lowest BCUT2D eigenvalue weighted by atomic mass is 10.5. The van der Waals surface area contributed by atoms with Gasteiger partial charge < -0.3 is 10.6 Å². The third-order valence-electron chi connectivity index (χ3n) is 1.55. The Kier molecular flexibility index (Phi) is 5.28. The summed E-state index contributed by atoms with van der Waals surface area (Å²) in [6, 6.07) is -0.470. The fourth-order valence-corrected chi connectivity index (χ4v) is 0.881. The van der Waals surface area contributed by atoms with Crippen molar-refractivity contribution in [2.45, 2.75) is 13.8 Å². The molecule has 2 N–H and O–H groups in total. The Bertz CT molecular complexity index is 240. The van der Waals surface area contributed by atoms with Gasteiger partial charge in [0.1, 0.15) is 0 Å². The zero-order chi connectivity index (χ0) is 11.1. The van der Waals surface area contributed by atoms with E-state index in [1.165, 1.54) is 20.9 Å². The molecule has 0 aliphatic carbocycles. The Morgan fingerprint density at radius 2 is 1.79 bits per heavy atom. The van der Waals surface area contributed by atoms with Crippen LogP contribution in [0.15, 0.2) is 0 Å². The highest BCUT2D eigenvalue weighted by molar-refractivity contribution is 5.93. The minimum atomic E-state index is -0.470. The highest BCUT2D eigenvalue weighted by Crippen LogP contribution is 1.89. The molecule has 0 saturated heterocycles. The van der Waals surface area contributed by atoms with Gasteiger partial charge in [0.15, 0.2) is 0 Å². The number of urea groups is 1. The molecule has 0 unspecified atom stereocenters. The van der Waals surface area contributed by atoms with Crippen molar-refractivity contribution in [1.82, 2.24) is 15.5 Å². The SMILES string of the molecule is CNC(=O)N(CCNC(C)=O)C(C)=O. The molecule has 0 radical (unpaired) electrons. The lowest BCUT2D eigenvalue weighted by Gasteiger charge is -2.18. The van der Waals surface area contributed by atoms with Gasteiger partial charge in [0.2, 0.25) is 11.8 Å². The number of rotatable bonds is 3. The van der Waals surface area contributed by atoms with E-state index in [-0.39, 0.29) is 24.9 Å². The van der Waals surface area contributed by atoms with Gasteiger partial charge in [-0.25, -0.2) is 4.79 Å². The van der Waals surface area contributed by atoms with Gasteiger partial charge in [-0.1, -0.05) is 0 Å². The van der Waals surface area contributed by atoms with Crippen molar-refractivity contribution in [2.24, 2.45) is 0 Å². The van der Waals surface area contributed by atoms with E-state index >= 15 is 0 Å². The third-order valence-corrected chi connectivity index (χ3v) is 1.55. The topological polar surface area (TPSA) is 78.5 Å². The summed E-state index contributed by atoms with van der Waals surface area (Å²) in [5.74, 6) is -0.542. The maximum absolute atomic E-state index is 11.1. The number of carbonyl (C=O) groups is 3. The maximum atomic E-state index is 11.1. The van der Waals surface area contributed by atoms with Gasteiger partial charge in [0, 0.05) is 34.0 Å². The van der Waals surface area contributed by atoms with Crippen LogP contribution in [0, 0.1) is 0 Å². The van der Waals surface area contributed by atoms with E-state index in [2.05, 4.69) is 10.6 Å². The summed E-state index contributed by atoms with van der Waals surface area (Å²) >= 11 is 0. The molecule has 6 nitrogen and oxygen atoms in total. The van der Waals surface area contributed by atoms with E-state index in [9.17, 15) is 14.4 Å². The Morgan fingerprint density at radius 1 is 1.21 bits per heavy atom. The van der Waals surface area contributed by atoms with Crippen LogP contribution in [0.3, 0.4) is 0 Å². The van der Waals surface area contributed by atoms with Crippen LogP contribution in [-0.4, -0.2) is 42.9 Å². The van der Waals surface area contributed by atoms with Crippen LogP contribution in [0.1, 0.15) is 13.8 Å². The van der Waals surface area contributed by atoms with Crippen molar-refractivity contribution in [3.8, 4) is 0 Å². The van der Waals surface area contributed by atoms with Gasteiger partial charge in [-0.15, -0.1) is 0 Å². The zero-order valence-electron chi connectivity index (χ0n) is 8.59. The van der Waals surface area contributed by atoms with Crippen molar-refractivity contribution in [2.75, 3.05) is 20.1 Å². The Labute approximate surface area is 82.6 Å². The van der Waals surface area contributed by atoms with E-state index in [4.69, 9.17) is 0 Å². The van der Waals surface area contributed by atoms with Crippen molar-refractivity contribution in [3.05, 3.63) is 0 Å². The predicted octanol–water partition coefficient (Wildman–Crippen LogP) is -0.690. The molecule has 0 aliphatic heterocycles. The first-order valence-electron chi connectivity index (χ1n) is 4.23. The molecule has 14 heavy (non-hydrogen) atoms. The summed E-state index contributed by atoms with van der Waals surface area (Å²) in [6.45, 7) is 3.11. The molecule has 0 heterocycles. The van der Waals surface area contributed by atoms with Gasteiger partial charge in [-0.3, -0.25) is 14.5 Å². The number of hydrogen-bond donors (Lipinski definition) is 2. The molecule has 0 bridgehead atoms. The number of amides is 4. The first kappa shape index (κ1) is 12.4. The fourth-order valence-electron chi connectivity index (χ4n) is 0.881. The molecule has 0 aromatic rings. The second-order valence-electron chi connectivity index (χ2n) is 2.71. The average molecular weight is 201 g/mol.